The van der Waals surface area contributed by atoms with Crippen molar-refractivity contribution in [3.05, 3.63) is 12.2 Å². The summed E-state index contributed by atoms with van der Waals surface area (Å²) in [6.45, 7) is 2.13. The lowest BCUT2D eigenvalue weighted by Crippen LogP contribution is -2.33. The summed E-state index contributed by atoms with van der Waals surface area (Å²) in [6.07, 6.45) is 7.67. The van der Waals surface area contributed by atoms with Gasteiger partial charge in [-0.1, -0.05) is 12.2 Å². The highest BCUT2D eigenvalue weighted by Crippen LogP contribution is 2.35. The summed E-state index contributed by atoms with van der Waals surface area (Å²) in [5, 5.41) is 0. The van der Waals surface area contributed by atoms with Crippen LogP contribution < -0.4 is 0 Å². The van der Waals surface area contributed by atoms with E-state index in [1.807, 2.05) is 4.90 Å². The fourth-order valence-corrected chi connectivity index (χ4v) is 2.30. The highest BCUT2D eigenvalue weighted by molar-refractivity contribution is 5.50. The van der Waals surface area contributed by atoms with Crippen LogP contribution >= 0.6 is 0 Å². The number of carbonyl (C=O) groups is 1. The van der Waals surface area contributed by atoms with Crippen LogP contribution in [-0.4, -0.2) is 23.4 Å². The molecule has 3 unspecified atom stereocenters. The predicted octanol–water partition coefficient (Wildman–Crippen LogP) is 1.18. The molecule has 1 saturated heterocycles. The molecule has 0 aromatic rings. The maximum absolute atomic E-state index is 10.7. The highest BCUT2D eigenvalue weighted by atomic mass is 16.1. The third-order valence-corrected chi connectivity index (χ3v) is 2.88. The molecule has 1 amide bonds. The molecule has 0 aromatic carbocycles. The fraction of sp³-hybridized carbons (Fsp3) is 0.667. The molecule has 3 atom stereocenters. The van der Waals surface area contributed by atoms with Crippen molar-refractivity contribution in [2.45, 2.75) is 31.8 Å². The SMILES string of the molecule is CC1CC2C=CCC2N1C=O. The normalized spacial score (nSPS) is 41.2. The van der Waals surface area contributed by atoms with E-state index in [1.54, 1.807) is 0 Å². The monoisotopic (exact) mass is 151 g/mol. The molecule has 0 spiro atoms. The highest BCUT2D eigenvalue weighted by Gasteiger charge is 2.38. The van der Waals surface area contributed by atoms with Crippen molar-refractivity contribution in [3.8, 4) is 0 Å². The second-order valence-corrected chi connectivity index (χ2v) is 3.53. The second kappa shape index (κ2) is 2.36. The Balaban J connectivity index is 2.17. The topological polar surface area (TPSA) is 20.3 Å². The zero-order valence-electron chi connectivity index (χ0n) is 6.73. The number of hydrogen-bond donors (Lipinski definition) is 0. The Hall–Kier alpha value is -0.790. The lowest BCUT2D eigenvalue weighted by molar-refractivity contribution is -0.120. The third-order valence-electron chi connectivity index (χ3n) is 2.88. The van der Waals surface area contributed by atoms with Gasteiger partial charge < -0.3 is 4.90 Å². The van der Waals surface area contributed by atoms with Crippen LogP contribution in [0, 0.1) is 5.92 Å². The first-order valence-electron chi connectivity index (χ1n) is 4.22. The van der Waals surface area contributed by atoms with E-state index in [-0.39, 0.29) is 0 Å². The summed E-state index contributed by atoms with van der Waals surface area (Å²) in [6, 6.07) is 0.940. The molecule has 11 heavy (non-hydrogen) atoms. The number of likely N-dealkylation sites (tertiary alicyclic amines) is 1. The largest absolute Gasteiger partial charge is 0.339 e. The zero-order valence-corrected chi connectivity index (χ0v) is 6.73. The van der Waals surface area contributed by atoms with Gasteiger partial charge in [0.1, 0.15) is 0 Å². The molecule has 0 N–H and O–H groups in total. The van der Waals surface area contributed by atoms with Crippen LogP contribution in [0.25, 0.3) is 0 Å². The minimum absolute atomic E-state index is 0.451. The maximum Gasteiger partial charge on any atom is 0.210 e. The van der Waals surface area contributed by atoms with Gasteiger partial charge in [0.2, 0.25) is 6.41 Å². The second-order valence-electron chi connectivity index (χ2n) is 3.53. The molecule has 2 heteroatoms. The number of fused-ring (bicyclic) bond motifs is 1. The molecule has 0 saturated carbocycles. The average Bonchev–Trinajstić information content (AvgIpc) is 2.46. The quantitative estimate of drug-likeness (QED) is 0.407. The Labute approximate surface area is 66.9 Å². The van der Waals surface area contributed by atoms with Gasteiger partial charge in [-0.3, -0.25) is 4.79 Å². The smallest absolute Gasteiger partial charge is 0.210 e. The molecule has 0 bridgehead atoms. The van der Waals surface area contributed by atoms with Crippen molar-refractivity contribution in [2.75, 3.05) is 0 Å². The fourth-order valence-electron chi connectivity index (χ4n) is 2.30. The summed E-state index contributed by atoms with van der Waals surface area (Å²) in [4.78, 5) is 12.6. The number of hydrogen-bond acceptors (Lipinski definition) is 1. The summed E-state index contributed by atoms with van der Waals surface area (Å²) in [7, 11) is 0. The van der Waals surface area contributed by atoms with Gasteiger partial charge in [-0.15, -0.1) is 0 Å². The standard InChI is InChI=1S/C9H13NO/c1-7-5-8-3-2-4-9(8)10(7)6-11/h2-3,6-9H,4-5H2,1H3. The minimum atomic E-state index is 0.451. The van der Waals surface area contributed by atoms with Gasteiger partial charge in [0.15, 0.2) is 0 Å². The molecule has 0 aromatic heterocycles. The average molecular weight is 151 g/mol. The van der Waals surface area contributed by atoms with Crippen LogP contribution in [0.5, 0.6) is 0 Å². The van der Waals surface area contributed by atoms with Crippen molar-refractivity contribution in [1.29, 1.82) is 0 Å². The van der Waals surface area contributed by atoms with Crippen molar-refractivity contribution in [2.24, 2.45) is 5.92 Å². The zero-order chi connectivity index (χ0) is 7.84. The number of rotatable bonds is 1. The molecular weight excluding hydrogens is 138 g/mol. The maximum atomic E-state index is 10.7. The van der Waals surface area contributed by atoms with Gasteiger partial charge in [-0.2, -0.15) is 0 Å². The number of amides is 1. The van der Waals surface area contributed by atoms with Crippen molar-refractivity contribution < 1.29 is 4.79 Å². The molecular formula is C9H13NO. The predicted molar refractivity (Wildman–Crippen MR) is 43.0 cm³/mol. The van der Waals surface area contributed by atoms with Gasteiger partial charge in [-0.25, -0.2) is 0 Å². The van der Waals surface area contributed by atoms with Gasteiger partial charge in [0.05, 0.1) is 0 Å². The van der Waals surface area contributed by atoms with E-state index in [9.17, 15) is 4.79 Å². The van der Waals surface area contributed by atoms with E-state index in [4.69, 9.17) is 0 Å². The first kappa shape index (κ1) is 6.89. The summed E-state index contributed by atoms with van der Waals surface area (Å²) in [5.41, 5.74) is 0. The van der Waals surface area contributed by atoms with Crippen LogP contribution in [0.1, 0.15) is 19.8 Å². The Bertz CT molecular complexity index is 200. The lowest BCUT2D eigenvalue weighted by atomic mass is 10.0. The van der Waals surface area contributed by atoms with E-state index in [0.29, 0.717) is 18.0 Å². The molecule has 1 heterocycles. The van der Waals surface area contributed by atoms with Crippen LogP contribution in [0.2, 0.25) is 0 Å². The van der Waals surface area contributed by atoms with E-state index >= 15 is 0 Å². The van der Waals surface area contributed by atoms with Crippen molar-refractivity contribution in [1.82, 2.24) is 4.90 Å². The van der Waals surface area contributed by atoms with Gasteiger partial charge in [0, 0.05) is 12.1 Å². The van der Waals surface area contributed by atoms with E-state index in [0.717, 1.165) is 19.3 Å². The molecule has 2 rings (SSSR count). The van der Waals surface area contributed by atoms with E-state index in [2.05, 4.69) is 19.1 Å². The Morgan fingerprint density at radius 2 is 2.45 bits per heavy atom. The first-order chi connectivity index (χ1) is 5.33. The van der Waals surface area contributed by atoms with Gasteiger partial charge in [-0.05, 0) is 25.7 Å². The van der Waals surface area contributed by atoms with Gasteiger partial charge in [0.25, 0.3) is 0 Å². The third kappa shape index (κ3) is 0.889. The van der Waals surface area contributed by atoms with Crippen LogP contribution in [-0.2, 0) is 4.79 Å². The summed E-state index contributed by atoms with van der Waals surface area (Å²) < 4.78 is 0. The van der Waals surface area contributed by atoms with Crippen LogP contribution in [0.4, 0.5) is 0 Å². The van der Waals surface area contributed by atoms with Gasteiger partial charge >= 0.3 is 0 Å². The summed E-state index contributed by atoms with van der Waals surface area (Å²) >= 11 is 0. The molecule has 0 radical (unpaired) electrons. The molecule has 2 aliphatic rings. The number of nitrogens with zero attached hydrogens (tertiary/aromatic N) is 1. The van der Waals surface area contributed by atoms with Crippen LogP contribution in [0.15, 0.2) is 12.2 Å². The lowest BCUT2D eigenvalue weighted by Gasteiger charge is -2.22. The molecule has 2 nitrogen and oxygen atoms in total. The minimum Gasteiger partial charge on any atom is -0.339 e. The molecule has 1 fully saturated rings. The molecule has 1 aliphatic heterocycles. The van der Waals surface area contributed by atoms with E-state index < -0.39 is 0 Å². The molecule has 60 valence electrons. The first-order valence-corrected chi connectivity index (χ1v) is 4.22. The summed E-state index contributed by atoms with van der Waals surface area (Å²) in [5.74, 6) is 0.648. The number of carbonyl (C=O) groups excluding carboxylic acids is 1. The Kier molecular flexibility index (Phi) is 1.48. The Morgan fingerprint density at radius 1 is 1.64 bits per heavy atom. The van der Waals surface area contributed by atoms with Crippen LogP contribution in [0.3, 0.4) is 0 Å². The molecule has 1 aliphatic carbocycles. The Morgan fingerprint density at radius 3 is 3.18 bits per heavy atom. The van der Waals surface area contributed by atoms with Crippen molar-refractivity contribution >= 4 is 6.41 Å². The van der Waals surface area contributed by atoms with Crippen molar-refractivity contribution in [3.63, 3.8) is 0 Å². The van der Waals surface area contributed by atoms with E-state index in [1.165, 1.54) is 0 Å².